The first-order valence-electron chi connectivity index (χ1n) is 6.70. The third-order valence-electron chi connectivity index (χ3n) is 3.45. The van der Waals surface area contributed by atoms with Crippen molar-refractivity contribution in [2.75, 3.05) is 0 Å². The van der Waals surface area contributed by atoms with E-state index in [1.165, 1.54) is 0 Å². The van der Waals surface area contributed by atoms with Crippen LogP contribution in [0.25, 0.3) is 0 Å². The van der Waals surface area contributed by atoms with Crippen LogP contribution in [0.4, 0.5) is 0 Å². The zero-order valence-corrected chi connectivity index (χ0v) is 13.1. The van der Waals surface area contributed by atoms with Crippen LogP contribution in [0, 0.1) is 13.8 Å². The molecule has 0 spiro atoms. The van der Waals surface area contributed by atoms with Crippen LogP contribution in [0.5, 0.6) is 0 Å². The number of rotatable bonds is 4. The maximum absolute atomic E-state index is 6.36. The van der Waals surface area contributed by atoms with E-state index in [0.717, 1.165) is 34.6 Å². The summed E-state index contributed by atoms with van der Waals surface area (Å²) in [6.07, 6.45) is 1.46. The van der Waals surface area contributed by atoms with Crippen molar-refractivity contribution in [2.24, 2.45) is 12.8 Å². The first kappa shape index (κ1) is 14.9. The molecular weight excluding hydrogens is 274 g/mol. The fraction of sp³-hybridized carbons (Fsp3) is 0.500. The average Bonchev–Trinajstić information content (AvgIpc) is 2.65. The van der Waals surface area contributed by atoms with Crippen molar-refractivity contribution in [3.8, 4) is 0 Å². The number of hydrogen-bond donors (Lipinski definition) is 1. The van der Waals surface area contributed by atoms with E-state index in [-0.39, 0.29) is 6.04 Å². The number of nitrogens with zero attached hydrogens (tertiary/aromatic N) is 4. The molecule has 2 aromatic heterocycles. The first-order valence-corrected chi connectivity index (χ1v) is 7.08. The molecule has 0 amide bonds. The van der Waals surface area contributed by atoms with Gasteiger partial charge in [0, 0.05) is 18.7 Å². The van der Waals surface area contributed by atoms with E-state index in [1.807, 2.05) is 27.0 Å². The van der Waals surface area contributed by atoms with Crippen molar-refractivity contribution in [2.45, 2.75) is 39.7 Å². The fourth-order valence-electron chi connectivity index (χ4n) is 2.37. The van der Waals surface area contributed by atoms with Gasteiger partial charge < -0.3 is 5.73 Å². The Morgan fingerprint density at radius 2 is 2.05 bits per heavy atom. The smallest absolute Gasteiger partial charge is 0.130 e. The van der Waals surface area contributed by atoms with E-state index in [2.05, 4.69) is 22.2 Å². The van der Waals surface area contributed by atoms with Gasteiger partial charge in [-0.3, -0.25) is 4.68 Å². The molecule has 0 aliphatic carbocycles. The minimum Gasteiger partial charge on any atom is -0.324 e. The van der Waals surface area contributed by atoms with E-state index in [1.54, 1.807) is 4.68 Å². The molecule has 0 aromatic carbocycles. The predicted molar refractivity (Wildman–Crippen MR) is 79.7 cm³/mol. The van der Waals surface area contributed by atoms with E-state index >= 15 is 0 Å². The van der Waals surface area contributed by atoms with Gasteiger partial charge in [-0.15, -0.1) is 0 Å². The Balaban J connectivity index is 2.32. The van der Waals surface area contributed by atoms with Crippen molar-refractivity contribution in [3.05, 3.63) is 39.4 Å². The Bertz CT molecular complexity index is 620. The second-order valence-corrected chi connectivity index (χ2v) is 5.39. The minimum absolute atomic E-state index is 0.153. The summed E-state index contributed by atoms with van der Waals surface area (Å²) < 4.78 is 1.68. The Hall–Kier alpha value is -1.46. The molecule has 1 atom stereocenters. The van der Waals surface area contributed by atoms with Gasteiger partial charge in [-0.2, -0.15) is 15.3 Å². The van der Waals surface area contributed by atoms with Gasteiger partial charge in [0.15, 0.2) is 0 Å². The maximum Gasteiger partial charge on any atom is 0.130 e. The SMILES string of the molecule is CCc1nnc(C)cc1C(N)Cc1c(C)nn(C)c1Cl. The van der Waals surface area contributed by atoms with Crippen molar-refractivity contribution in [3.63, 3.8) is 0 Å². The Labute approximate surface area is 124 Å². The summed E-state index contributed by atoms with van der Waals surface area (Å²) in [5, 5.41) is 13.3. The molecule has 2 heterocycles. The zero-order valence-electron chi connectivity index (χ0n) is 12.3. The molecule has 20 heavy (non-hydrogen) atoms. The van der Waals surface area contributed by atoms with E-state index < -0.39 is 0 Å². The summed E-state index contributed by atoms with van der Waals surface area (Å²) in [5.74, 6) is 0. The second-order valence-electron chi connectivity index (χ2n) is 5.03. The summed E-state index contributed by atoms with van der Waals surface area (Å²) in [7, 11) is 1.83. The van der Waals surface area contributed by atoms with Gasteiger partial charge in [-0.1, -0.05) is 18.5 Å². The van der Waals surface area contributed by atoms with Crippen LogP contribution in [-0.4, -0.2) is 20.0 Å². The van der Waals surface area contributed by atoms with Crippen LogP contribution in [0.2, 0.25) is 5.15 Å². The fourth-order valence-corrected chi connectivity index (χ4v) is 2.62. The highest BCUT2D eigenvalue weighted by atomic mass is 35.5. The number of aromatic nitrogens is 4. The summed E-state index contributed by atoms with van der Waals surface area (Å²) in [4.78, 5) is 0. The molecule has 108 valence electrons. The molecule has 0 fully saturated rings. The van der Waals surface area contributed by atoms with Gasteiger partial charge in [-0.05, 0) is 38.3 Å². The molecule has 5 nitrogen and oxygen atoms in total. The number of nitrogens with two attached hydrogens (primary N) is 1. The third kappa shape index (κ3) is 2.83. The van der Waals surface area contributed by atoms with Gasteiger partial charge in [-0.25, -0.2) is 0 Å². The standard InChI is InChI=1S/C14H20ClN5/c1-5-13-11(6-8(2)17-18-13)12(16)7-10-9(3)19-20(4)14(10)15/h6,12H,5,7,16H2,1-4H3. The number of aryl methyl sites for hydroxylation is 4. The molecular formula is C14H20ClN5. The van der Waals surface area contributed by atoms with E-state index in [4.69, 9.17) is 17.3 Å². The molecule has 2 N–H and O–H groups in total. The number of halogens is 1. The minimum atomic E-state index is -0.153. The van der Waals surface area contributed by atoms with Crippen LogP contribution < -0.4 is 5.73 Å². The third-order valence-corrected chi connectivity index (χ3v) is 3.93. The summed E-state index contributed by atoms with van der Waals surface area (Å²) >= 11 is 6.27. The molecule has 1 unspecified atom stereocenters. The van der Waals surface area contributed by atoms with Gasteiger partial charge in [0.1, 0.15) is 5.15 Å². The zero-order chi connectivity index (χ0) is 14.9. The largest absolute Gasteiger partial charge is 0.324 e. The van der Waals surface area contributed by atoms with Crippen LogP contribution in [0.3, 0.4) is 0 Å². The molecule has 0 saturated heterocycles. The van der Waals surface area contributed by atoms with Crippen LogP contribution in [0.15, 0.2) is 6.07 Å². The van der Waals surface area contributed by atoms with Crippen molar-refractivity contribution in [1.82, 2.24) is 20.0 Å². The lowest BCUT2D eigenvalue weighted by Gasteiger charge is -2.15. The summed E-state index contributed by atoms with van der Waals surface area (Å²) in [5.41, 5.74) is 11.1. The lowest BCUT2D eigenvalue weighted by atomic mass is 9.98. The Kier molecular flexibility index (Phi) is 4.40. The first-order chi connectivity index (χ1) is 9.43. The molecule has 2 aromatic rings. The quantitative estimate of drug-likeness (QED) is 0.939. The molecule has 2 rings (SSSR count). The molecule has 0 aliphatic heterocycles. The Morgan fingerprint density at radius 3 is 2.60 bits per heavy atom. The number of hydrogen-bond acceptors (Lipinski definition) is 4. The van der Waals surface area contributed by atoms with Crippen LogP contribution >= 0.6 is 11.6 Å². The highest BCUT2D eigenvalue weighted by molar-refractivity contribution is 6.30. The van der Waals surface area contributed by atoms with Gasteiger partial charge in [0.25, 0.3) is 0 Å². The van der Waals surface area contributed by atoms with Crippen molar-refractivity contribution < 1.29 is 0 Å². The van der Waals surface area contributed by atoms with Gasteiger partial charge >= 0.3 is 0 Å². The van der Waals surface area contributed by atoms with Gasteiger partial charge in [0.05, 0.1) is 17.1 Å². The topological polar surface area (TPSA) is 69.6 Å². The molecule has 0 aliphatic rings. The normalized spacial score (nSPS) is 12.7. The molecule has 6 heteroatoms. The average molecular weight is 294 g/mol. The lowest BCUT2D eigenvalue weighted by molar-refractivity contribution is 0.689. The Morgan fingerprint density at radius 1 is 1.35 bits per heavy atom. The predicted octanol–water partition coefficient (Wildman–Crippen LogP) is 2.29. The van der Waals surface area contributed by atoms with Crippen LogP contribution in [-0.2, 0) is 19.9 Å². The van der Waals surface area contributed by atoms with E-state index in [0.29, 0.717) is 11.6 Å². The highest BCUT2D eigenvalue weighted by Crippen LogP contribution is 2.25. The summed E-state index contributed by atoms with van der Waals surface area (Å²) in [6.45, 7) is 5.92. The maximum atomic E-state index is 6.36. The molecule has 0 bridgehead atoms. The van der Waals surface area contributed by atoms with Gasteiger partial charge in [0.2, 0.25) is 0 Å². The molecule has 0 saturated carbocycles. The monoisotopic (exact) mass is 293 g/mol. The van der Waals surface area contributed by atoms with Crippen molar-refractivity contribution in [1.29, 1.82) is 0 Å². The van der Waals surface area contributed by atoms with Crippen LogP contribution in [0.1, 0.15) is 41.2 Å². The van der Waals surface area contributed by atoms with E-state index in [9.17, 15) is 0 Å². The highest BCUT2D eigenvalue weighted by Gasteiger charge is 2.18. The lowest BCUT2D eigenvalue weighted by Crippen LogP contribution is -2.17. The second kappa shape index (κ2) is 5.89. The van der Waals surface area contributed by atoms with Crippen molar-refractivity contribution >= 4 is 11.6 Å². The molecule has 0 radical (unpaired) electrons. The summed E-state index contributed by atoms with van der Waals surface area (Å²) in [6, 6.07) is 1.86.